The number of ether oxygens (including phenoxy) is 1. The summed E-state index contributed by atoms with van der Waals surface area (Å²) in [6.07, 6.45) is 0. The zero-order chi connectivity index (χ0) is 16.5. The maximum atomic E-state index is 12.2. The molecule has 120 valence electrons. The first-order chi connectivity index (χ1) is 11.8. The number of nitrogens with one attached hydrogen (secondary N) is 1. The molecule has 1 N–H and O–H groups in total. The van der Waals surface area contributed by atoms with Gasteiger partial charge in [-0.3, -0.25) is 4.52 Å². The molecule has 0 saturated heterocycles. The summed E-state index contributed by atoms with van der Waals surface area (Å²) in [5, 5.41) is 3.25. The summed E-state index contributed by atoms with van der Waals surface area (Å²) in [6.45, 7) is 2.54. The van der Waals surface area contributed by atoms with Crippen molar-refractivity contribution in [1.29, 1.82) is 0 Å². The fourth-order valence-corrected chi connectivity index (χ4v) is 3.46. The number of hydrogen-bond acceptors (Lipinski definition) is 5. The Morgan fingerprint density at radius 2 is 2.00 bits per heavy atom. The van der Waals surface area contributed by atoms with Crippen LogP contribution < -0.4 is 15.0 Å². The van der Waals surface area contributed by atoms with Crippen LogP contribution in [0.3, 0.4) is 0 Å². The van der Waals surface area contributed by atoms with Gasteiger partial charge in [-0.1, -0.05) is 12.1 Å². The smallest absolute Gasteiger partial charge is 0.438 e. The summed E-state index contributed by atoms with van der Waals surface area (Å²) in [4.78, 5) is 16.7. The van der Waals surface area contributed by atoms with Gasteiger partial charge in [0.15, 0.2) is 0 Å². The van der Waals surface area contributed by atoms with Crippen molar-refractivity contribution in [3.8, 4) is 22.1 Å². The van der Waals surface area contributed by atoms with E-state index < -0.39 is 5.63 Å². The van der Waals surface area contributed by atoms with Crippen molar-refractivity contribution in [3.63, 3.8) is 0 Å². The standard InChI is InChI=1S/C17H13N3O3S/c1-2-22-12-9-7-11(8-10-12)20-15(17(21)23-19-20)16-18-13-5-3-4-6-14(13)24-16/h3-10H,2H2,1H3/p+1. The number of benzene rings is 2. The van der Waals surface area contributed by atoms with E-state index in [4.69, 9.17) is 9.26 Å². The van der Waals surface area contributed by atoms with Gasteiger partial charge in [-0.25, -0.2) is 9.78 Å². The number of rotatable bonds is 4. The first kappa shape index (κ1) is 14.6. The minimum Gasteiger partial charge on any atom is -0.494 e. The Labute approximate surface area is 140 Å². The van der Waals surface area contributed by atoms with Gasteiger partial charge in [-0.15, -0.1) is 11.3 Å². The molecule has 4 aromatic rings. The van der Waals surface area contributed by atoms with Crippen LogP contribution in [-0.2, 0) is 0 Å². The highest BCUT2D eigenvalue weighted by Gasteiger charge is 2.28. The van der Waals surface area contributed by atoms with Gasteiger partial charge in [0.05, 0.1) is 16.8 Å². The molecule has 2 aromatic carbocycles. The molecule has 0 bridgehead atoms. The zero-order valence-electron chi connectivity index (χ0n) is 12.9. The van der Waals surface area contributed by atoms with Gasteiger partial charge >= 0.3 is 11.3 Å². The molecule has 0 aliphatic rings. The van der Waals surface area contributed by atoms with E-state index >= 15 is 0 Å². The molecule has 0 spiro atoms. The zero-order valence-corrected chi connectivity index (χ0v) is 13.7. The lowest BCUT2D eigenvalue weighted by atomic mass is 10.3. The molecule has 0 fully saturated rings. The van der Waals surface area contributed by atoms with Crippen LogP contribution in [0.5, 0.6) is 5.75 Å². The third kappa shape index (κ3) is 2.48. The summed E-state index contributed by atoms with van der Waals surface area (Å²) in [5.41, 5.74) is 1.54. The number of thiazole rings is 1. The Kier molecular flexibility index (Phi) is 3.62. The number of fused-ring (bicyclic) bond motifs is 1. The maximum Gasteiger partial charge on any atom is 0.438 e. The van der Waals surface area contributed by atoms with Crippen molar-refractivity contribution in [3.05, 3.63) is 59.0 Å². The van der Waals surface area contributed by atoms with E-state index in [9.17, 15) is 4.79 Å². The Balaban J connectivity index is 1.82. The summed E-state index contributed by atoms with van der Waals surface area (Å²) >= 11 is 1.45. The Bertz CT molecular complexity index is 1010. The van der Waals surface area contributed by atoms with Gasteiger partial charge in [0.25, 0.3) is 0 Å². The predicted molar refractivity (Wildman–Crippen MR) is 90.6 cm³/mol. The summed E-state index contributed by atoms with van der Waals surface area (Å²) in [5.74, 6) is 0.772. The second-order valence-electron chi connectivity index (χ2n) is 5.08. The molecular weight excluding hydrogens is 326 g/mol. The van der Waals surface area contributed by atoms with Crippen LogP contribution in [0.1, 0.15) is 6.92 Å². The molecule has 4 rings (SSSR count). The molecule has 24 heavy (non-hydrogen) atoms. The fraction of sp³-hybridized carbons (Fsp3) is 0.118. The highest BCUT2D eigenvalue weighted by Crippen LogP contribution is 2.27. The highest BCUT2D eigenvalue weighted by atomic mass is 32.1. The van der Waals surface area contributed by atoms with E-state index in [-0.39, 0.29) is 0 Å². The molecule has 0 aliphatic carbocycles. The number of aromatic nitrogens is 3. The van der Waals surface area contributed by atoms with Crippen LogP contribution in [0.2, 0.25) is 0 Å². The quantitative estimate of drug-likeness (QED) is 0.580. The number of hydrogen-bond donors (Lipinski definition) is 1. The first-order valence-electron chi connectivity index (χ1n) is 7.49. The van der Waals surface area contributed by atoms with Gasteiger partial charge in [-0.05, 0) is 41.1 Å². The Morgan fingerprint density at radius 1 is 1.21 bits per heavy atom. The topological polar surface area (TPSA) is 72.0 Å². The molecule has 0 unspecified atom stereocenters. The van der Waals surface area contributed by atoms with Crippen molar-refractivity contribution < 1.29 is 13.9 Å². The van der Waals surface area contributed by atoms with Gasteiger partial charge in [0.1, 0.15) is 5.75 Å². The number of H-pyrrole nitrogens is 1. The molecule has 0 saturated carbocycles. The maximum absolute atomic E-state index is 12.2. The number of para-hydroxylation sites is 1. The molecule has 2 heterocycles. The molecular formula is C17H14N3O3S+. The summed E-state index contributed by atoms with van der Waals surface area (Å²) in [7, 11) is 0. The van der Waals surface area contributed by atoms with Crippen molar-refractivity contribution in [1.82, 2.24) is 10.3 Å². The van der Waals surface area contributed by atoms with Crippen LogP contribution in [0, 0.1) is 0 Å². The van der Waals surface area contributed by atoms with Crippen LogP contribution in [0.25, 0.3) is 26.6 Å². The minimum absolute atomic E-state index is 0.375. The minimum atomic E-state index is -0.456. The van der Waals surface area contributed by atoms with Crippen molar-refractivity contribution >= 4 is 21.6 Å². The average molecular weight is 340 g/mol. The second kappa shape index (κ2) is 5.93. The Morgan fingerprint density at radius 3 is 2.75 bits per heavy atom. The van der Waals surface area contributed by atoms with Crippen molar-refractivity contribution in [2.75, 3.05) is 6.61 Å². The van der Waals surface area contributed by atoms with E-state index in [0.717, 1.165) is 21.7 Å². The summed E-state index contributed by atoms with van der Waals surface area (Å²) < 4.78 is 13.1. The molecule has 0 aliphatic heterocycles. The van der Waals surface area contributed by atoms with Gasteiger partial charge in [0.2, 0.25) is 10.7 Å². The van der Waals surface area contributed by atoms with Crippen LogP contribution in [0.4, 0.5) is 0 Å². The largest absolute Gasteiger partial charge is 0.494 e. The van der Waals surface area contributed by atoms with Crippen LogP contribution in [-0.4, -0.2) is 16.9 Å². The van der Waals surface area contributed by atoms with Crippen molar-refractivity contribution in [2.24, 2.45) is 0 Å². The second-order valence-corrected chi connectivity index (χ2v) is 6.11. The van der Waals surface area contributed by atoms with E-state index in [1.54, 1.807) is 4.68 Å². The third-order valence-corrected chi connectivity index (χ3v) is 4.59. The number of aromatic amines is 1. The predicted octanol–water partition coefficient (Wildman–Crippen LogP) is 2.92. The Hall–Kier alpha value is -2.93. The molecule has 0 amide bonds. The average Bonchev–Trinajstić information content (AvgIpc) is 3.18. The third-order valence-electron chi connectivity index (χ3n) is 3.55. The van der Waals surface area contributed by atoms with Gasteiger partial charge in [-0.2, -0.15) is 0 Å². The van der Waals surface area contributed by atoms with Crippen molar-refractivity contribution in [2.45, 2.75) is 6.92 Å². The molecule has 7 heteroatoms. The van der Waals surface area contributed by atoms with E-state index in [2.05, 4.69) is 10.3 Å². The van der Waals surface area contributed by atoms with E-state index in [0.29, 0.717) is 17.3 Å². The van der Waals surface area contributed by atoms with E-state index in [1.807, 2.05) is 55.5 Å². The highest BCUT2D eigenvalue weighted by molar-refractivity contribution is 7.21. The molecule has 6 nitrogen and oxygen atoms in total. The lowest BCUT2D eigenvalue weighted by Gasteiger charge is -2.00. The normalized spacial score (nSPS) is 11.0. The van der Waals surface area contributed by atoms with E-state index in [1.165, 1.54) is 11.3 Å². The number of nitrogens with zero attached hydrogens (tertiary/aromatic N) is 2. The SMILES string of the molecule is CCOc1ccc(-[n+]2[nH]oc(=O)c2-c2nc3ccccc3s2)cc1. The lowest BCUT2D eigenvalue weighted by Crippen LogP contribution is -2.36. The van der Waals surface area contributed by atoms with Gasteiger partial charge < -0.3 is 4.74 Å². The van der Waals surface area contributed by atoms with Gasteiger partial charge in [0, 0.05) is 12.1 Å². The molecule has 2 aromatic heterocycles. The molecule has 0 radical (unpaired) electrons. The first-order valence-corrected chi connectivity index (χ1v) is 8.30. The monoisotopic (exact) mass is 340 g/mol. The van der Waals surface area contributed by atoms with Crippen LogP contribution >= 0.6 is 11.3 Å². The molecule has 0 atom stereocenters. The van der Waals surface area contributed by atoms with Crippen LogP contribution in [0.15, 0.2) is 57.8 Å². The summed E-state index contributed by atoms with van der Waals surface area (Å²) in [6, 6.07) is 15.2. The lowest BCUT2D eigenvalue weighted by molar-refractivity contribution is -0.660. The fourth-order valence-electron chi connectivity index (χ4n) is 2.47.